The second-order valence-corrected chi connectivity index (χ2v) is 4.53. The average Bonchev–Trinajstić information content (AvgIpc) is 2.84. The van der Waals surface area contributed by atoms with Gasteiger partial charge in [-0.2, -0.15) is 0 Å². The molecule has 0 unspecified atom stereocenters. The Labute approximate surface area is 123 Å². The molecule has 0 aliphatic carbocycles. The van der Waals surface area contributed by atoms with E-state index in [4.69, 9.17) is 16.0 Å². The maximum absolute atomic E-state index is 13.6. The number of H-pyrrole nitrogens is 1. The molecule has 3 aromatic rings. The third kappa shape index (κ3) is 2.23. The number of rotatable bonds is 2. The number of alkyl halides is 2. The van der Waals surface area contributed by atoms with E-state index in [-0.39, 0.29) is 16.8 Å². The van der Waals surface area contributed by atoms with Gasteiger partial charge in [-0.15, -0.1) is 0 Å². The lowest BCUT2D eigenvalue weighted by Crippen LogP contribution is -1.97. The molecule has 5 nitrogen and oxygen atoms in total. The molecule has 2 aromatic heterocycles. The molecule has 2 heterocycles. The molecule has 1 N–H and O–H groups in total. The fourth-order valence-corrected chi connectivity index (χ4v) is 2.11. The summed E-state index contributed by atoms with van der Waals surface area (Å²) < 4.78 is 57.0. The molecule has 0 atom stereocenters. The van der Waals surface area contributed by atoms with E-state index < -0.39 is 40.2 Å². The number of benzene rings is 1. The van der Waals surface area contributed by atoms with Crippen molar-refractivity contribution in [3.8, 4) is 11.3 Å². The molecule has 0 radical (unpaired) electrons. The summed E-state index contributed by atoms with van der Waals surface area (Å²) in [7, 11) is 0. The van der Waals surface area contributed by atoms with E-state index in [0.29, 0.717) is 6.07 Å². The number of hydrogen-bond donors (Lipinski definition) is 1. The lowest BCUT2D eigenvalue weighted by molar-refractivity contribution is 0.146. The lowest BCUT2D eigenvalue weighted by atomic mass is 10.1. The van der Waals surface area contributed by atoms with Crippen LogP contribution in [-0.2, 0) is 0 Å². The first kappa shape index (κ1) is 14.5. The van der Waals surface area contributed by atoms with Crippen LogP contribution >= 0.6 is 11.6 Å². The Hall–Kier alpha value is -2.42. The first-order valence-corrected chi connectivity index (χ1v) is 6.08. The Balaban J connectivity index is 2.29. The van der Waals surface area contributed by atoms with Gasteiger partial charge in [0, 0.05) is 0 Å². The van der Waals surface area contributed by atoms with E-state index in [1.807, 2.05) is 4.98 Å². The highest BCUT2D eigenvalue weighted by atomic mass is 35.5. The van der Waals surface area contributed by atoms with Gasteiger partial charge < -0.3 is 4.42 Å². The van der Waals surface area contributed by atoms with Gasteiger partial charge >= 0.3 is 5.76 Å². The van der Waals surface area contributed by atoms with Crippen molar-refractivity contribution < 1.29 is 22.0 Å². The van der Waals surface area contributed by atoms with Crippen molar-refractivity contribution in [2.75, 3.05) is 0 Å². The quantitative estimate of drug-likeness (QED) is 0.729. The Bertz CT molecular complexity index is 938. The van der Waals surface area contributed by atoms with Crippen LogP contribution in [0.1, 0.15) is 12.1 Å². The molecule has 22 heavy (non-hydrogen) atoms. The molecule has 10 heteroatoms. The fraction of sp³-hybridized carbons (Fsp3) is 0.0833. The van der Waals surface area contributed by atoms with Gasteiger partial charge in [0.05, 0.1) is 17.5 Å². The van der Waals surface area contributed by atoms with Crippen molar-refractivity contribution in [2.24, 2.45) is 0 Å². The molecular weight excluding hydrogens is 330 g/mol. The monoisotopic (exact) mass is 333 g/mol. The molecule has 114 valence electrons. The number of nitrogens with zero attached hydrogens (tertiary/aromatic N) is 2. The topological polar surface area (TPSA) is 71.8 Å². The van der Waals surface area contributed by atoms with Crippen LogP contribution in [0.5, 0.6) is 0 Å². The molecule has 0 bridgehead atoms. The average molecular weight is 334 g/mol. The molecular formula is C12H4ClF4N3O2. The lowest BCUT2D eigenvalue weighted by Gasteiger charge is -2.06. The van der Waals surface area contributed by atoms with E-state index in [1.54, 1.807) is 0 Å². The summed E-state index contributed by atoms with van der Waals surface area (Å²) in [6.07, 6.45) is -2.05. The van der Waals surface area contributed by atoms with Crippen molar-refractivity contribution in [2.45, 2.75) is 6.43 Å². The van der Waals surface area contributed by atoms with Gasteiger partial charge in [-0.1, -0.05) is 11.6 Å². The van der Waals surface area contributed by atoms with Crippen molar-refractivity contribution in [1.82, 2.24) is 15.0 Å². The largest absolute Gasteiger partial charge is 0.417 e. The van der Waals surface area contributed by atoms with E-state index in [9.17, 15) is 22.4 Å². The Morgan fingerprint density at radius 1 is 1.32 bits per heavy atom. The smallest absolute Gasteiger partial charge is 0.407 e. The summed E-state index contributed by atoms with van der Waals surface area (Å²) in [6, 6.07) is 0.705. The molecule has 0 aliphatic heterocycles. The third-order valence-electron chi connectivity index (χ3n) is 2.83. The minimum atomic E-state index is -2.94. The number of oxazole rings is 1. The predicted molar refractivity (Wildman–Crippen MR) is 67.7 cm³/mol. The molecule has 0 amide bonds. The second-order valence-electron chi connectivity index (χ2n) is 4.17. The zero-order valence-electron chi connectivity index (χ0n) is 10.3. The zero-order valence-corrected chi connectivity index (χ0v) is 11.1. The third-order valence-corrected chi connectivity index (χ3v) is 3.11. The zero-order chi connectivity index (χ0) is 16.0. The molecule has 0 aliphatic rings. The van der Waals surface area contributed by atoms with Crippen LogP contribution in [0, 0.1) is 11.6 Å². The van der Waals surface area contributed by atoms with Gasteiger partial charge in [0.15, 0.2) is 22.4 Å². The summed E-state index contributed by atoms with van der Waals surface area (Å²) in [6.45, 7) is 0. The number of hydrogen-bond acceptors (Lipinski definition) is 4. The van der Waals surface area contributed by atoms with E-state index in [2.05, 4.69) is 9.97 Å². The number of nitrogens with one attached hydrogen (secondary N) is 1. The fourth-order valence-electron chi connectivity index (χ4n) is 1.89. The van der Waals surface area contributed by atoms with Gasteiger partial charge in [-0.05, 0) is 6.07 Å². The molecule has 3 rings (SSSR count). The highest BCUT2D eigenvalue weighted by molar-refractivity contribution is 6.30. The van der Waals surface area contributed by atoms with Crippen LogP contribution in [0.3, 0.4) is 0 Å². The number of aromatic amines is 1. The van der Waals surface area contributed by atoms with E-state index >= 15 is 0 Å². The van der Waals surface area contributed by atoms with Gasteiger partial charge in [-0.25, -0.2) is 32.3 Å². The summed E-state index contributed by atoms with van der Waals surface area (Å²) in [5, 5.41) is -0.594. The molecule has 0 fully saturated rings. The maximum atomic E-state index is 13.6. The van der Waals surface area contributed by atoms with Crippen LogP contribution in [0.2, 0.25) is 5.15 Å². The van der Waals surface area contributed by atoms with Gasteiger partial charge in [-0.3, -0.25) is 4.98 Å². The van der Waals surface area contributed by atoms with Crippen LogP contribution < -0.4 is 5.76 Å². The normalized spacial score (nSPS) is 11.5. The minimum absolute atomic E-state index is 0.150. The Kier molecular flexibility index (Phi) is 3.36. The Morgan fingerprint density at radius 2 is 2.05 bits per heavy atom. The highest BCUT2D eigenvalue weighted by Gasteiger charge is 2.21. The SMILES string of the molecule is O=c1[nH]c2c(F)c(F)cc(-c3cnc(C(F)F)c(Cl)n3)c2o1. The highest BCUT2D eigenvalue weighted by Crippen LogP contribution is 2.31. The number of aromatic nitrogens is 3. The molecule has 0 spiro atoms. The molecule has 0 saturated carbocycles. The first-order chi connectivity index (χ1) is 10.4. The summed E-state index contributed by atoms with van der Waals surface area (Å²) in [5.41, 5.74) is -1.88. The molecule has 1 aromatic carbocycles. The van der Waals surface area contributed by atoms with E-state index in [1.165, 1.54) is 0 Å². The molecule has 0 saturated heterocycles. The summed E-state index contributed by atoms with van der Waals surface area (Å²) in [5.74, 6) is -3.60. The summed E-state index contributed by atoms with van der Waals surface area (Å²) in [4.78, 5) is 20.2. The summed E-state index contributed by atoms with van der Waals surface area (Å²) >= 11 is 5.58. The number of fused-ring (bicyclic) bond motifs is 1. The van der Waals surface area contributed by atoms with Crippen molar-refractivity contribution in [1.29, 1.82) is 0 Å². The minimum Gasteiger partial charge on any atom is -0.407 e. The van der Waals surface area contributed by atoms with Crippen LogP contribution in [0.25, 0.3) is 22.4 Å². The van der Waals surface area contributed by atoms with Crippen LogP contribution in [0.4, 0.5) is 17.6 Å². The van der Waals surface area contributed by atoms with Crippen molar-refractivity contribution >= 4 is 22.7 Å². The van der Waals surface area contributed by atoms with Crippen LogP contribution in [-0.4, -0.2) is 15.0 Å². The van der Waals surface area contributed by atoms with E-state index in [0.717, 1.165) is 6.20 Å². The van der Waals surface area contributed by atoms with Gasteiger partial charge in [0.1, 0.15) is 11.2 Å². The van der Waals surface area contributed by atoms with Crippen molar-refractivity contribution in [3.63, 3.8) is 0 Å². The maximum Gasteiger partial charge on any atom is 0.417 e. The van der Waals surface area contributed by atoms with Crippen molar-refractivity contribution in [3.05, 3.63) is 45.3 Å². The first-order valence-electron chi connectivity index (χ1n) is 5.70. The Morgan fingerprint density at radius 3 is 2.68 bits per heavy atom. The van der Waals surface area contributed by atoms with Crippen LogP contribution in [0.15, 0.2) is 21.5 Å². The number of halogens is 5. The second kappa shape index (κ2) is 5.09. The van der Waals surface area contributed by atoms with Gasteiger partial charge in [0.2, 0.25) is 0 Å². The standard InChI is InChI=1S/C12H4ClF4N3O2/c13-10-8(11(16)17)18-2-5(19-10)3-1-4(14)6(15)7-9(3)22-12(21)20-7/h1-2,11H,(H,20,21). The van der Waals surface area contributed by atoms with Gasteiger partial charge in [0.25, 0.3) is 6.43 Å². The predicted octanol–water partition coefficient (Wildman–Crippen LogP) is 3.45.